The lowest BCUT2D eigenvalue weighted by Crippen LogP contribution is -2.47. The summed E-state index contributed by atoms with van der Waals surface area (Å²) < 4.78 is 0. The van der Waals surface area contributed by atoms with Crippen molar-refractivity contribution in [3.05, 3.63) is 0 Å². The number of rotatable bonds is 5. The van der Waals surface area contributed by atoms with Crippen molar-refractivity contribution in [2.24, 2.45) is 5.92 Å². The number of nitrogens with one attached hydrogen (secondary N) is 1. The van der Waals surface area contributed by atoms with E-state index in [4.69, 9.17) is 5.26 Å². The molecule has 13 heavy (non-hydrogen) atoms. The first-order valence-corrected chi connectivity index (χ1v) is 4.73. The van der Waals surface area contributed by atoms with Gasteiger partial charge in [-0.05, 0) is 26.9 Å². The van der Waals surface area contributed by atoms with E-state index in [0.29, 0.717) is 5.92 Å². The van der Waals surface area contributed by atoms with Gasteiger partial charge in [-0.1, -0.05) is 13.8 Å². The molecule has 3 heteroatoms. The van der Waals surface area contributed by atoms with Gasteiger partial charge in [0.1, 0.15) is 5.54 Å². The van der Waals surface area contributed by atoms with Crippen molar-refractivity contribution < 1.29 is 0 Å². The molecule has 0 rings (SSSR count). The summed E-state index contributed by atoms with van der Waals surface area (Å²) >= 11 is 0. The lowest BCUT2D eigenvalue weighted by molar-refractivity contribution is 0.310. The highest BCUT2D eigenvalue weighted by Crippen LogP contribution is 2.14. The van der Waals surface area contributed by atoms with Crippen LogP contribution in [0.25, 0.3) is 0 Å². The van der Waals surface area contributed by atoms with E-state index in [1.54, 1.807) is 0 Å². The molecule has 0 saturated heterocycles. The van der Waals surface area contributed by atoms with Crippen molar-refractivity contribution in [3.63, 3.8) is 0 Å². The Kier molecular flexibility index (Phi) is 4.97. The van der Waals surface area contributed by atoms with Crippen LogP contribution in [0, 0.1) is 17.2 Å². The van der Waals surface area contributed by atoms with Crippen LogP contribution in [-0.4, -0.2) is 37.6 Å². The molecule has 0 saturated carbocycles. The summed E-state index contributed by atoms with van der Waals surface area (Å²) in [6.45, 7) is 7.89. The van der Waals surface area contributed by atoms with E-state index < -0.39 is 5.54 Å². The monoisotopic (exact) mass is 183 g/mol. The third-order valence-electron chi connectivity index (χ3n) is 2.44. The van der Waals surface area contributed by atoms with Crippen molar-refractivity contribution >= 4 is 0 Å². The minimum Gasteiger partial charge on any atom is -0.308 e. The van der Waals surface area contributed by atoms with Crippen molar-refractivity contribution in [1.29, 1.82) is 5.26 Å². The molecule has 1 atom stereocenters. The van der Waals surface area contributed by atoms with Gasteiger partial charge in [0.05, 0.1) is 6.07 Å². The summed E-state index contributed by atoms with van der Waals surface area (Å²) in [6, 6.07) is 2.32. The molecular formula is C10H21N3. The highest BCUT2D eigenvalue weighted by atomic mass is 15.1. The SMILES string of the molecule is CC(C)C(C)(C#N)NCCN(C)C. The van der Waals surface area contributed by atoms with Gasteiger partial charge >= 0.3 is 0 Å². The van der Waals surface area contributed by atoms with Crippen molar-refractivity contribution in [3.8, 4) is 6.07 Å². The average molecular weight is 183 g/mol. The maximum atomic E-state index is 8.99. The van der Waals surface area contributed by atoms with Crippen LogP contribution in [-0.2, 0) is 0 Å². The van der Waals surface area contributed by atoms with Crippen LogP contribution in [0.4, 0.5) is 0 Å². The first-order valence-electron chi connectivity index (χ1n) is 4.73. The zero-order chi connectivity index (χ0) is 10.5. The standard InChI is InChI=1S/C10H21N3/c1-9(2)10(3,8-11)12-6-7-13(4)5/h9,12H,6-7H2,1-5H3. The molecule has 0 aliphatic heterocycles. The van der Waals surface area contributed by atoms with Gasteiger partial charge in [0.25, 0.3) is 0 Å². The molecule has 0 radical (unpaired) electrons. The minimum atomic E-state index is -0.393. The van der Waals surface area contributed by atoms with E-state index in [-0.39, 0.29) is 0 Å². The lowest BCUT2D eigenvalue weighted by Gasteiger charge is -2.28. The predicted octanol–water partition coefficient (Wildman–Crippen LogP) is 1.08. The topological polar surface area (TPSA) is 39.1 Å². The molecule has 0 aromatic carbocycles. The molecular weight excluding hydrogens is 162 g/mol. The Labute approximate surface area is 81.7 Å². The summed E-state index contributed by atoms with van der Waals surface area (Å²) in [5.74, 6) is 0.333. The average Bonchev–Trinajstić information content (AvgIpc) is 2.03. The van der Waals surface area contributed by atoms with E-state index in [1.165, 1.54) is 0 Å². The highest BCUT2D eigenvalue weighted by Gasteiger charge is 2.26. The molecule has 3 nitrogen and oxygen atoms in total. The number of likely N-dealkylation sites (N-methyl/N-ethyl adjacent to an activating group) is 1. The molecule has 0 aliphatic carbocycles. The highest BCUT2D eigenvalue weighted by molar-refractivity contribution is 5.05. The van der Waals surface area contributed by atoms with E-state index in [9.17, 15) is 0 Å². The summed E-state index contributed by atoms with van der Waals surface area (Å²) in [7, 11) is 4.06. The van der Waals surface area contributed by atoms with Crippen molar-refractivity contribution in [2.75, 3.05) is 27.2 Å². The molecule has 1 unspecified atom stereocenters. The Morgan fingerprint density at radius 1 is 1.46 bits per heavy atom. The Bertz CT molecular complexity index is 181. The van der Waals surface area contributed by atoms with Crippen LogP contribution in [0.15, 0.2) is 0 Å². The molecule has 0 aromatic heterocycles. The fourth-order valence-corrected chi connectivity index (χ4v) is 0.912. The number of hydrogen-bond acceptors (Lipinski definition) is 3. The second-order valence-corrected chi connectivity index (χ2v) is 4.20. The normalized spacial score (nSPS) is 15.8. The second kappa shape index (κ2) is 5.21. The summed E-state index contributed by atoms with van der Waals surface area (Å²) in [5, 5.41) is 12.3. The quantitative estimate of drug-likeness (QED) is 0.693. The zero-order valence-electron chi connectivity index (χ0n) is 9.39. The van der Waals surface area contributed by atoms with Crippen LogP contribution >= 0.6 is 0 Å². The van der Waals surface area contributed by atoms with E-state index in [2.05, 4.69) is 30.1 Å². The summed E-state index contributed by atoms with van der Waals surface area (Å²) in [6.07, 6.45) is 0. The van der Waals surface area contributed by atoms with Gasteiger partial charge in [0.15, 0.2) is 0 Å². The molecule has 76 valence electrons. The smallest absolute Gasteiger partial charge is 0.106 e. The Hall–Kier alpha value is -0.590. The molecule has 1 N–H and O–H groups in total. The molecule has 0 aliphatic rings. The maximum absolute atomic E-state index is 8.99. The molecule has 0 spiro atoms. The molecule has 0 aromatic rings. The van der Waals surface area contributed by atoms with E-state index in [1.807, 2.05) is 21.0 Å². The maximum Gasteiger partial charge on any atom is 0.106 e. The number of hydrogen-bond donors (Lipinski definition) is 1. The van der Waals surface area contributed by atoms with Crippen molar-refractivity contribution in [2.45, 2.75) is 26.3 Å². The van der Waals surface area contributed by atoms with Crippen LogP contribution in [0.1, 0.15) is 20.8 Å². The van der Waals surface area contributed by atoms with Crippen LogP contribution in [0.5, 0.6) is 0 Å². The van der Waals surface area contributed by atoms with Crippen LogP contribution < -0.4 is 5.32 Å². The first kappa shape index (κ1) is 12.4. The largest absolute Gasteiger partial charge is 0.308 e. The summed E-state index contributed by atoms with van der Waals surface area (Å²) in [4.78, 5) is 2.10. The van der Waals surface area contributed by atoms with E-state index in [0.717, 1.165) is 13.1 Å². The van der Waals surface area contributed by atoms with Crippen molar-refractivity contribution in [1.82, 2.24) is 10.2 Å². The third-order valence-corrected chi connectivity index (χ3v) is 2.44. The predicted molar refractivity (Wildman–Crippen MR) is 55.4 cm³/mol. The third kappa shape index (κ3) is 4.25. The lowest BCUT2D eigenvalue weighted by atomic mass is 9.90. The van der Waals surface area contributed by atoms with Gasteiger partial charge in [0.2, 0.25) is 0 Å². The van der Waals surface area contributed by atoms with Gasteiger partial charge in [-0.15, -0.1) is 0 Å². The summed E-state index contributed by atoms with van der Waals surface area (Å²) in [5.41, 5.74) is -0.393. The zero-order valence-corrected chi connectivity index (χ0v) is 9.39. The van der Waals surface area contributed by atoms with Gasteiger partial charge in [0, 0.05) is 13.1 Å². The van der Waals surface area contributed by atoms with Gasteiger partial charge in [-0.25, -0.2) is 0 Å². The molecule has 0 heterocycles. The molecule has 0 fully saturated rings. The number of nitriles is 1. The van der Waals surface area contributed by atoms with Crippen LogP contribution in [0.2, 0.25) is 0 Å². The Balaban J connectivity index is 3.94. The second-order valence-electron chi connectivity index (χ2n) is 4.20. The first-order chi connectivity index (χ1) is 5.92. The van der Waals surface area contributed by atoms with Gasteiger partial charge in [-0.2, -0.15) is 5.26 Å². The van der Waals surface area contributed by atoms with E-state index >= 15 is 0 Å². The van der Waals surface area contributed by atoms with Gasteiger partial charge < -0.3 is 4.90 Å². The minimum absolute atomic E-state index is 0.333. The molecule has 0 bridgehead atoms. The molecule has 0 amide bonds. The van der Waals surface area contributed by atoms with Crippen LogP contribution in [0.3, 0.4) is 0 Å². The number of nitrogens with zero attached hydrogens (tertiary/aromatic N) is 2. The fourth-order valence-electron chi connectivity index (χ4n) is 0.912. The Morgan fingerprint density at radius 2 is 2.00 bits per heavy atom. The fraction of sp³-hybridized carbons (Fsp3) is 0.900. The Morgan fingerprint density at radius 3 is 2.31 bits per heavy atom. The van der Waals surface area contributed by atoms with Gasteiger partial charge in [-0.3, -0.25) is 5.32 Å².